The lowest BCUT2D eigenvalue weighted by molar-refractivity contribution is -0.121. The lowest BCUT2D eigenvalue weighted by atomic mass is 10.1. The first-order valence-corrected chi connectivity index (χ1v) is 9.07. The summed E-state index contributed by atoms with van der Waals surface area (Å²) in [6.07, 6.45) is 3.44. The van der Waals surface area contributed by atoms with Crippen LogP contribution in [-0.4, -0.2) is 74.0 Å². The van der Waals surface area contributed by atoms with E-state index >= 15 is 0 Å². The molecular formula is C16H22ClN5O3. The fourth-order valence-corrected chi connectivity index (χ4v) is 3.78. The number of hydrogen-bond acceptors (Lipinski definition) is 7. The van der Waals surface area contributed by atoms with Crippen LogP contribution in [0.4, 0.5) is 11.5 Å². The van der Waals surface area contributed by atoms with Crippen LogP contribution in [0.25, 0.3) is 0 Å². The average Bonchev–Trinajstić information content (AvgIpc) is 2.62. The molecule has 2 saturated heterocycles. The molecule has 1 N–H and O–H groups in total. The van der Waals surface area contributed by atoms with Crippen molar-refractivity contribution in [3.05, 3.63) is 11.5 Å². The van der Waals surface area contributed by atoms with E-state index in [4.69, 9.17) is 21.1 Å². The minimum Gasteiger partial charge on any atom is -0.381 e. The standard InChI is InChI=1S/C16H22ClN5O3/c17-16-18-7-13-15(20-16)22-3-6-25-10-12(22)8-21(13)9-14(23)19-11-1-4-24-5-2-11/h7,11-12H,1-6,8-10H2,(H,19,23)/t12-/m1/s1. The number of halogens is 1. The highest BCUT2D eigenvalue weighted by Crippen LogP contribution is 2.34. The first-order valence-electron chi connectivity index (χ1n) is 8.69. The Morgan fingerprint density at radius 1 is 1.32 bits per heavy atom. The van der Waals surface area contributed by atoms with Crippen LogP contribution in [0.1, 0.15) is 12.8 Å². The topological polar surface area (TPSA) is 79.8 Å². The maximum atomic E-state index is 12.5. The molecule has 0 aliphatic carbocycles. The Balaban J connectivity index is 1.50. The summed E-state index contributed by atoms with van der Waals surface area (Å²) in [7, 11) is 0. The van der Waals surface area contributed by atoms with Crippen LogP contribution in [0.15, 0.2) is 6.20 Å². The van der Waals surface area contributed by atoms with E-state index in [0.29, 0.717) is 33.0 Å². The zero-order valence-corrected chi connectivity index (χ0v) is 14.7. The molecule has 0 unspecified atom stereocenters. The van der Waals surface area contributed by atoms with Crippen molar-refractivity contribution >= 4 is 29.0 Å². The van der Waals surface area contributed by atoms with Gasteiger partial charge in [0.2, 0.25) is 11.2 Å². The molecule has 1 aromatic heterocycles. The molecule has 3 aliphatic heterocycles. The Bertz CT molecular complexity index is 640. The summed E-state index contributed by atoms with van der Waals surface area (Å²) < 4.78 is 10.9. The zero-order chi connectivity index (χ0) is 17.2. The Hall–Kier alpha value is -1.64. The van der Waals surface area contributed by atoms with Crippen LogP contribution in [0.3, 0.4) is 0 Å². The second-order valence-corrected chi connectivity index (χ2v) is 6.94. The summed E-state index contributed by atoms with van der Waals surface area (Å²) in [6.45, 7) is 4.46. The van der Waals surface area contributed by atoms with Crippen LogP contribution >= 0.6 is 11.6 Å². The van der Waals surface area contributed by atoms with Crippen molar-refractivity contribution in [2.45, 2.75) is 24.9 Å². The van der Waals surface area contributed by atoms with Crippen LogP contribution in [0.2, 0.25) is 5.28 Å². The van der Waals surface area contributed by atoms with Crippen molar-refractivity contribution in [2.24, 2.45) is 0 Å². The Labute approximate surface area is 151 Å². The first-order chi connectivity index (χ1) is 12.2. The maximum absolute atomic E-state index is 12.5. The van der Waals surface area contributed by atoms with Crippen LogP contribution < -0.4 is 15.1 Å². The number of fused-ring (bicyclic) bond motifs is 3. The van der Waals surface area contributed by atoms with Crippen molar-refractivity contribution in [3.63, 3.8) is 0 Å². The molecule has 0 aromatic carbocycles. The molecule has 0 radical (unpaired) electrons. The monoisotopic (exact) mass is 367 g/mol. The molecule has 4 rings (SSSR count). The van der Waals surface area contributed by atoms with Gasteiger partial charge in [0, 0.05) is 32.3 Å². The van der Waals surface area contributed by atoms with Gasteiger partial charge in [-0.1, -0.05) is 0 Å². The minimum atomic E-state index is 0.0120. The molecule has 0 saturated carbocycles. The molecule has 1 atom stereocenters. The molecule has 0 spiro atoms. The van der Waals surface area contributed by atoms with Gasteiger partial charge in [-0.2, -0.15) is 4.98 Å². The molecule has 25 heavy (non-hydrogen) atoms. The summed E-state index contributed by atoms with van der Waals surface area (Å²) in [6, 6.07) is 0.365. The molecule has 3 aliphatic rings. The molecular weight excluding hydrogens is 346 g/mol. The van der Waals surface area contributed by atoms with Gasteiger partial charge in [0.25, 0.3) is 0 Å². The van der Waals surface area contributed by atoms with Crippen molar-refractivity contribution in [3.8, 4) is 0 Å². The largest absolute Gasteiger partial charge is 0.381 e. The predicted molar refractivity (Wildman–Crippen MR) is 93.2 cm³/mol. The summed E-state index contributed by atoms with van der Waals surface area (Å²) in [4.78, 5) is 25.3. The van der Waals surface area contributed by atoms with E-state index < -0.39 is 0 Å². The van der Waals surface area contributed by atoms with E-state index in [-0.39, 0.29) is 29.8 Å². The number of nitrogens with zero attached hydrogens (tertiary/aromatic N) is 4. The molecule has 136 valence electrons. The van der Waals surface area contributed by atoms with Gasteiger partial charge in [-0.05, 0) is 24.4 Å². The van der Waals surface area contributed by atoms with Gasteiger partial charge in [0.05, 0.1) is 37.7 Å². The van der Waals surface area contributed by atoms with E-state index in [1.54, 1.807) is 6.20 Å². The van der Waals surface area contributed by atoms with E-state index in [0.717, 1.165) is 30.9 Å². The summed E-state index contributed by atoms with van der Waals surface area (Å²) >= 11 is 6.00. The Kier molecular flexibility index (Phi) is 4.91. The van der Waals surface area contributed by atoms with Crippen LogP contribution in [0.5, 0.6) is 0 Å². The molecule has 0 bridgehead atoms. The SMILES string of the molecule is O=C(CN1C[C@@H]2COCCN2c2nc(Cl)ncc21)NC1CCOCC1. The normalized spacial score (nSPS) is 23.8. The zero-order valence-electron chi connectivity index (χ0n) is 14.0. The van der Waals surface area contributed by atoms with Gasteiger partial charge in [0.1, 0.15) is 0 Å². The fraction of sp³-hybridized carbons (Fsp3) is 0.688. The van der Waals surface area contributed by atoms with Crippen molar-refractivity contribution in [2.75, 3.05) is 55.9 Å². The third-order valence-electron chi connectivity index (χ3n) is 4.91. The molecule has 1 aromatic rings. The van der Waals surface area contributed by atoms with E-state index in [9.17, 15) is 4.79 Å². The van der Waals surface area contributed by atoms with E-state index in [1.165, 1.54) is 0 Å². The number of amides is 1. The van der Waals surface area contributed by atoms with Gasteiger partial charge in [0.15, 0.2) is 5.82 Å². The first kappa shape index (κ1) is 16.8. The number of morpholine rings is 1. The lowest BCUT2D eigenvalue weighted by Gasteiger charge is -2.45. The maximum Gasteiger partial charge on any atom is 0.239 e. The van der Waals surface area contributed by atoms with E-state index in [2.05, 4.69) is 20.2 Å². The molecule has 1 amide bonds. The number of carbonyl (C=O) groups is 1. The minimum absolute atomic E-state index is 0.0120. The number of hydrogen-bond donors (Lipinski definition) is 1. The van der Waals surface area contributed by atoms with Crippen molar-refractivity contribution < 1.29 is 14.3 Å². The second-order valence-electron chi connectivity index (χ2n) is 6.60. The van der Waals surface area contributed by atoms with Crippen molar-refractivity contribution in [1.29, 1.82) is 0 Å². The predicted octanol–water partition coefficient (Wildman–Crippen LogP) is 0.450. The van der Waals surface area contributed by atoms with Gasteiger partial charge in [-0.25, -0.2) is 4.98 Å². The highest BCUT2D eigenvalue weighted by atomic mass is 35.5. The number of carbonyl (C=O) groups excluding carboxylic acids is 1. The lowest BCUT2D eigenvalue weighted by Crippen LogP contribution is -2.57. The van der Waals surface area contributed by atoms with Gasteiger partial charge >= 0.3 is 0 Å². The summed E-state index contributed by atoms with van der Waals surface area (Å²) in [5, 5.41) is 3.33. The number of rotatable bonds is 3. The fourth-order valence-electron chi connectivity index (χ4n) is 3.66. The third kappa shape index (κ3) is 3.65. The quantitative estimate of drug-likeness (QED) is 0.777. The molecule has 8 nitrogen and oxygen atoms in total. The Morgan fingerprint density at radius 2 is 2.16 bits per heavy atom. The molecule has 2 fully saturated rings. The average molecular weight is 368 g/mol. The number of nitrogens with one attached hydrogen (secondary N) is 1. The van der Waals surface area contributed by atoms with Gasteiger partial charge in [-0.3, -0.25) is 4.79 Å². The van der Waals surface area contributed by atoms with Crippen LogP contribution in [0, 0.1) is 0 Å². The molecule has 4 heterocycles. The molecule has 9 heteroatoms. The van der Waals surface area contributed by atoms with Crippen molar-refractivity contribution in [1.82, 2.24) is 15.3 Å². The van der Waals surface area contributed by atoms with Gasteiger partial charge < -0.3 is 24.6 Å². The summed E-state index contributed by atoms with van der Waals surface area (Å²) in [5.74, 6) is 0.802. The highest BCUT2D eigenvalue weighted by molar-refractivity contribution is 6.28. The highest BCUT2D eigenvalue weighted by Gasteiger charge is 2.35. The smallest absolute Gasteiger partial charge is 0.239 e. The third-order valence-corrected chi connectivity index (χ3v) is 5.10. The Morgan fingerprint density at radius 3 is 3.00 bits per heavy atom. The van der Waals surface area contributed by atoms with E-state index in [1.807, 2.05) is 4.90 Å². The summed E-state index contributed by atoms with van der Waals surface area (Å²) in [5.41, 5.74) is 0.852. The number of anilines is 2. The number of ether oxygens (including phenoxy) is 2. The number of aromatic nitrogens is 2. The van der Waals surface area contributed by atoms with Gasteiger partial charge in [-0.15, -0.1) is 0 Å². The second kappa shape index (κ2) is 7.31. The van der Waals surface area contributed by atoms with Crippen LogP contribution in [-0.2, 0) is 14.3 Å².